The third kappa shape index (κ3) is 5.30. The van der Waals surface area contributed by atoms with Gasteiger partial charge in [-0.1, -0.05) is 48.8 Å². The molecule has 5 nitrogen and oxygen atoms in total. The highest BCUT2D eigenvalue weighted by molar-refractivity contribution is 9.10. The van der Waals surface area contributed by atoms with Gasteiger partial charge in [0.1, 0.15) is 0 Å². The lowest BCUT2D eigenvalue weighted by molar-refractivity contribution is 0.107. The summed E-state index contributed by atoms with van der Waals surface area (Å²) in [6, 6.07) is 5.55. The highest BCUT2D eigenvalue weighted by Gasteiger charge is 2.37. The molecule has 136 valence electrons. The van der Waals surface area contributed by atoms with Crippen LogP contribution in [0.5, 0.6) is 0 Å². The van der Waals surface area contributed by atoms with E-state index < -0.39 is 20.5 Å². The van der Waals surface area contributed by atoms with E-state index in [1.165, 1.54) is 7.05 Å². The van der Waals surface area contributed by atoms with Crippen LogP contribution in [0.15, 0.2) is 22.7 Å². The van der Waals surface area contributed by atoms with E-state index in [2.05, 4.69) is 49.8 Å². The van der Waals surface area contributed by atoms with Gasteiger partial charge in [0.15, 0.2) is 8.32 Å². The second kappa shape index (κ2) is 7.99. The average Bonchev–Trinajstić information content (AvgIpc) is 2.44. The zero-order valence-electron chi connectivity index (χ0n) is 15.3. The Hall–Kier alpha value is -0.893. The Labute approximate surface area is 153 Å². The molecule has 0 saturated heterocycles. The first-order valence-corrected chi connectivity index (χ1v) is 11.6. The van der Waals surface area contributed by atoms with Crippen molar-refractivity contribution >= 4 is 30.3 Å². The normalized spacial score (nSPS) is 13.7. The largest absolute Gasteiger partial charge is 0.465 e. The summed E-state index contributed by atoms with van der Waals surface area (Å²) in [6.07, 6.45) is -1.97. The number of amides is 1. The van der Waals surface area contributed by atoms with Crippen LogP contribution in [0.4, 0.5) is 4.79 Å². The van der Waals surface area contributed by atoms with Crippen LogP contribution in [-0.4, -0.2) is 43.1 Å². The van der Waals surface area contributed by atoms with E-state index in [0.29, 0.717) is 12.2 Å². The van der Waals surface area contributed by atoms with E-state index in [-0.39, 0.29) is 11.6 Å². The molecule has 0 fully saturated rings. The monoisotopic (exact) mass is 417 g/mol. The number of hydrogen-bond donors (Lipinski definition) is 2. The number of rotatable bonds is 6. The molecule has 0 aliphatic rings. The van der Waals surface area contributed by atoms with Crippen molar-refractivity contribution in [3.05, 3.63) is 33.8 Å². The molecule has 2 N–H and O–H groups in total. The molecule has 1 aromatic carbocycles. The Bertz CT molecular complexity index is 586. The van der Waals surface area contributed by atoms with Gasteiger partial charge in [0.25, 0.3) is 0 Å². The van der Waals surface area contributed by atoms with Crippen LogP contribution in [0.3, 0.4) is 0 Å². The van der Waals surface area contributed by atoms with E-state index in [1.807, 2.05) is 18.2 Å². The lowest BCUT2D eigenvalue weighted by Crippen LogP contribution is -2.40. The first-order chi connectivity index (χ1) is 10.9. The van der Waals surface area contributed by atoms with Gasteiger partial charge in [0, 0.05) is 11.5 Å². The molecule has 0 spiro atoms. The Balaban J connectivity index is 3.01. The molecule has 1 rings (SSSR count). The van der Waals surface area contributed by atoms with Crippen molar-refractivity contribution in [3.8, 4) is 0 Å². The van der Waals surface area contributed by atoms with E-state index >= 15 is 0 Å². The number of aliphatic hydroxyl groups excluding tert-OH is 1. The molecule has 1 amide bonds. The molecule has 0 aliphatic heterocycles. The highest BCUT2D eigenvalue weighted by atomic mass is 79.9. The Morgan fingerprint density at radius 2 is 1.96 bits per heavy atom. The van der Waals surface area contributed by atoms with Gasteiger partial charge in [0.05, 0.1) is 19.3 Å². The zero-order valence-corrected chi connectivity index (χ0v) is 17.8. The standard InChI is InChI=1S/C17H28BrNO4Si/c1-17(2,3)24(5,6)23-11-13-12(8-7-9-14(13)18)15(20)10-19(4)16(21)22/h7-9,15,20H,10-11H2,1-6H3,(H,21,22). The molecule has 0 aliphatic carbocycles. The third-order valence-electron chi connectivity index (χ3n) is 4.67. The maximum atomic E-state index is 11.0. The Morgan fingerprint density at radius 3 is 2.46 bits per heavy atom. The van der Waals surface area contributed by atoms with Crippen LogP contribution < -0.4 is 0 Å². The summed E-state index contributed by atoms with van der Waals surface area (Å²) in [4.78, 5) is 12.0. The van der Waals surface area contributed by atoms with E-state index in [4.69, 9.17) is 9.53 Å². The number of likely N-dealkylation sites (N-methyl/N-ethyl adjacent to an activating group) is 1. The maximum absolute atomic E-state index is 11.0. The lowest BCUT2D eigenvalue weighted by Gasteiger charge is -2.36. The quantitative estimate of drug-likeness (QED) is 0.662. The summed E-state index contributed by atoms with van der Waals surface area (Å²) in [5.41, 5.74) is 1.56. The smallest absolute Gasteiger partial charge is 0.407 e. The molecular formula is C17H28BrNO4Si. The molecule has 0 radical (unpaired) electrons. The lowest BCUT2D eigenvalue weighted by atomic mass is 10.0. The third-order valence-corrected chi connectivity index (χ3v) is 9.89. The number of aliphatic hydroxyl groups is 1. The summed E-state index contributed by atoms with van der Waals surface area (Å²) in [5.74, 6) is 0. The van der Waals surface area contributed by atoms with Gasteiger partial charge in [-0.25, -0.2) is 4.79 Å². The highest BCUT2D eigenvalue weighted by Crippen LogP contribution is 2.38. The van der Waals surface area contributed by atoms with Crippen LogP contribution in [0.2, 0.25) is 18.1 Å². The molecule has 1 unspecified atom stereocenters. The van der Waals surface area contributed by atoms with Crippen molar-refractivity contribution in [2.24, 2.45) is 0 Å². The molecule has 7 heteroatoms. The van der Waals surface area contributed by atoms with Crippen molar-refractivity contribution in [1.29, 1.82) is 0 Å². The molecule has 24 heavy (non-hydrogen) atoms. The Kier molecular flexibility index (Phi) is 7.04. The number of nitrogens with zero attached hydrogens (tertiary/aromatic N) is 1. The van der Waals surface area contributed by atoms with Gasteiger partial charge in [0.2, 0.25) is 0 Å². The Morgan fingerprint density at radius 1 is 1.38 bits per heavy atom. The summed E-state index contributed by atoms with van der Waals surface area (Å²) in [7, 11) is -0.485. The molecule has 0 bridgehead atoms. The fraction of sp³-hybridized carbons (Fsp3) is 0.588. The number of halogens is 1. The van der Waals surface area contributed by atoms with Gasteiger partial charge in [-0.3, -0.25) is 0 Å². The van der Waals surface area contributed by atoms with Crippen molar-refractivity contribution in [3.63, 3.8) is 0 Å². The molecule has 1 aromatic rings. The minimum absolute atomic E-state index is 0.0128. The fourth-order valence-corrected chi connectivity index (χ4v) is 3.38. The first kappa shape index (κ1) is 21.2. The van der Waals surface area contributed by atoms with Gasteiger partial charge < -0.3 is 19.5 Å². The predicted molar refractivity (Wildman–Crippen MR) is 102 cm³/mol. The van der Waals surface area contributed by atoms with Crippen molar-refractivity contribution in [2.45, 2.75) is 51.6 Å². The van der Waals surface area contributed by atoms with Crippen molar-refractivity contribution in [1.82, 2.24) is 4.90 Å². The van der Waals surface area contributed by atoms with Crippen LogP contribution in [0.1, 0.15) is 38.0 Å². The van der Waals surface area contributed by atoms with E-state index in [1.54, 1.807) is 0 Å². The zero-order chi connectivity index (χ0) is 18.7. The number of carbonyl (C=O) groups is 1. The van der Waals surface area contributed by atoms with Crippen LogP contribution in [0.25, 0.3) is 0 Å². The minimum atomic E-state index is -1.93. The number of carboxylic acid groups (broad SMARTS) is 1. The topological polar surface area (TPSA) is 70.0 Å². The maximum Gasteiger partial charge on any atom is 0.407 e. The van der Waals surface area contributed by atoms with Gasteiger partial charge >= 0.3 is 6.09 Å². The summed E-state index contributed by atoms with van der Waals surface area (Å²) in [5, 5.41) is 19.5. The predicted octanol–water partition coefficient (Wildman–Crippen LogP) is 4.61. The molecule has 0 heterocycles. The van der Waals surface area contributed by atoms with Crippen molar-refractivity contribution < 1.29 is 19.4 Å². The van der Waals surface area contributed by atoms with Gasteiger partial charge in [-0.2, -0.15) is 0 Å². The molecule has 0 aromatic heterocycles. The summed E-state index contributed by atoms with van der Waals surface area (Å²) >= 11 is 3.52. The SMILES string of the molecule is CN(CC(O)c1cccc(Br)c1CO[Si](C)(C)C(C)(C)C)C(=O)O. The second-order valence-corrected chi connectivity index (χ2v) is 13.2. The fourth-order valence-electron chi connectivity index (χ4n) is 1.94. The second-order valence-electron chi connectivity index (χ2n) is 7.54. The van der Waals surface area contributed by atoms with E-state index in [0.717, 1.165) is 14.9 Å². The van der Waals surface area contributed by atoms with Crippen LogP contribution >= 0.6 is 15.9 Å². The molecule has 1 atom stereocenters. The van der Waals surface area contributed by atoms with E-state index in [9.17, 15) is 9.90 Å². The first-order valence-electron chi connectivity index (χ1n) is 7.90. The van der Waals surface area contributed by atoms with Gasteiger partial charge in [-0.05, 0) is 35.3 Å². The van der Waals surface area contributed by atoms with Gasteiger partial charge in [-0.15, -0.1) is 0 Å². The number of hydrogen-bond acceptors (Lipinski definition) is 3. The van der Waals surface area contributed by atoms with Crippen LogP contribution in [-0.2, 0) is 11.0 Å². The summed E-state index contributed by atoms with van der Waals surface area (Å²) < 4.78 is 7.13. The summed E-state index contributed by atoms with van der Waals surface area (Å²) in [6.45, 7) is 11.3. The molecular weight excluding hydrogens is 390 g/mol. The molecule has 0 saturated carbocycles. The van der Waals surface area contributed by atoms with Crippen molar-refractivity contribution in [2.75, 3.05) is 13.6 Å². The minimum Gasteiger partial charge on any atom is -0.465 e. The number of benzene rings is 1. The average molecular weight is 418 g/mol. The van der Waals surface area contributed by atoms with Crippen LogP contribution in [0, 0.1) is 0 Å².